The fourth-order valence-corrected chi connectivity index (χ4v) is 3.71. The van der Waals surface area contributed by atoms with Crippen LogP contribution in [0, 0.1) is 0 Å². The second-order valence-electron chi connectivity index (χ2n) is 5.97. The minimum absolute atomic E-state index is 0.640. The number of fused-ring (bicyclic) bond motifs is 1. The molecule has 0 spiro atoms. The van der Waals surface area contributed by atoms with Crippen LogP contribution >= 0.6 is 11.3 Å². The SMILES string of the molecule is CCCNCc1c(N2CCC(N(C)C)C2)nc2sccn12. The lowest BCUT2D eigenvalue weighted by Gasteiger charge is -2.21. The third kappa shape index (κ3) is 2.93. The van der Waals surface area contributed by atoms with Crippen LogP contribution in [0.2, 0.25) is 0 Å². The molecule has 0 amide bonds. The van der Waals surface area contributed by atoms with Gasteiger partial charge in [0.15, 0.2) is 10.8 Å². The third-order valence-corrected chi connectivity index (χ3v) is 5.01. The fourth-order valence-electron chi connectivity index (χ4n) is 2.98. The van der Waals surface area contributed by atoms with Gasteiger partial charge in [-0.15, -0.1) is 11.3 Å². The van der Waals surface area contributed by atoms with Crippen molar-refractivity contribution in [2.24, 2.45) is 0 Å². The van der Waals surface area contributed by atoms with Gasteiger partial charge in [-0.1, -0.05) is 6.92 Å². The summed E-state index contributed by atoms with van der Waals surface area (Å²) >= 11 is 1.71. The van der Waals surface area contributed by atoms with Crippen LogP contribution in [0.3, 0.4) is 0 Å². The maximum absolute atomic E-state index is 4.88. The minimum Gasteiger partial charge on any atom is -0.353 e. The molecular formula is C15H25N5S. The third-order valence-electron chi connectivity index (χ3n) is 4.25. The van der Waals surface area contributed by atoms with Crippen LogP contribution in [0.25, 0.3) is 4.96 Å². The molecule has 0 aromatic carbocycles. The molecule has 2 aromatic rings. The van der Waals surface area contributed by atoms with Crippen molar-refractivity contribution in [1.82, 2.24) is 19.6 Å². The van der Waals surface area contributed by atoms with Gasteiger partial charge in [-0.05, 0) is 33.5 Å². The Hall–Kier alpha value is -1.11. The van der Waals surface area contributed by atoms with E-state index in [0.29, 0.717) is 6.04 Å². The van der Waals surface area contributed by atoms with E-state index in [0.717, 1.165) is 37.6 Å². The molecule has 3 heterocycles. The van der Waals surface area contributed by atoms with Crippen LogP contribution in [0.5, 0.6) is 0 Å². The molecule has 6 heteroatoms. The number of imidazole rings is 1. The molecule has 1 saturated heterocycles. The number of hydrogen-bond acceptors (Lipinski definition) is 5. The zero-order valence-corrected chi connectivity index (χ0v) is 14.0. The van der Waals surface area contributed by atoms with Gasteiger partial charge in [-0.2, -0.15) is 0 Å². The monoisotopic (exact) mass is 307 g/mol. The van der Waals surface area contributed by atoms with Gasteiger partial charge < -0.3 is 15.1 Å². The van der Waals surface area contributed by atoms with E-state index in [4.69, 9.17) is 4.98 Å². The summed E-state index contributed by atoms with van der Waals surface area (Å²) in [6, 6.07) is 0.640. The molecule has 1 fully saturated rings. The van der Waals surface area contributed by atoms with Gasteiger partial charge in [0.05, 0.1) is 5.69 Å². The van der Waals surface area contributed by atoms with E-state index in [9.17, 15) is 0 Å². The normalized spacial score (nSPS) is 19.2. The van der Waals surface area contributed by atoms with Gasteiger partial charge in [-0.25, -0.2) is 4.98 Å². The molecule has 0 aliphatic carbocycles. The first-order valence-electron chi connectivity index (χ1n) is 7.77. The van der Waals surface area contributed by atoms with Crippen molar-refractivity contribution < 1.29 is 0 Å². The Balaban J connectivity index is 1.83. The van der Waals surface area contributed by atoms with Gasteiger partial charge in [-0.3, -0.25) is 4.40 Å². The number of rotatable bonds is 6. The Morgan fingerprint density at radius 3 is 3.05 bits per heavy atom. The quantitative estimate of drug-likeness (QED) is 0.829. The highest BCUT2D eigenvalue weighted by molar-refractivity contribution is 7.15. The summed E-state index contributed by atoms with van der Waals surface area (Å²) in [6.45, 7) is 6.33. The van der Waals surface area contributed by atoms with Crippen LogP contribution in [0.1, 0.15) is 25.5 Å². The summed E-state index contributed by atoms with van der Waals surface area (Å²) in [7, 11) is 4.34. The number of anilines is 1. The van der Waals surface area contributed by atoms with Crippen LogP contribution in [0.15, 0.2) is 11.6 Å². The van der Waals surface area contributed by atoms with Crippen molar-refractivity contribution in [1.29, 1.82) is 0 Å². The van der Waals surface area contributed by atoms with Crippen LogP contribution in [-0.4, -0.2) is 54.1 Å². The van der Waals surface area contributed by atoms with E-state index >= 15 is 0 Å². The molecule has 21 heavy (non-hydrogen) atoms. The maximum Gasteiger partial charge on any atom is 0.195 e. The first-order valence-corrected chi connectivity index (χ1v) is 8.65. The maximum atomic E-state index is 4.88. The van der Waals surface area contributed by atoms with Crippen molar-refractivity contribution in [2.75, 3.05) is 38.6 Å². The topological polar surface area (TPSA) is 35.8 Å². The molecular weight excluding hydrogens is 282 g/mol. The van der Waals surface area contributed by atoms with E-state index in [1.165, 1.54) is 17.9 Å². The van der Waals surface area contributed by atoms with Crippen LogP contribution in [-0.2, 0) is 6.54 Å². The van der Waals surface area contributed by atoms with Crippen LogP contribution in [0.4, 0.5) is 5.82 Å². The van der Waals surface area contributed by atoms with Gasteiger partial charge in [0, 0.05) is 37.3 Å². The highest BCUT2D eigenvalue weighted by Crippen LogP contribution is 2.28. The molecule has 0 saturated carbocycles. The number of thiazole rings is 1. The minimum atomic E-state index is 0.640. The lowest BCUT2D eigenvalue weighted by Crippen LogP contribution is -2.32. The molecule has 1 aliphatic rings. The number of nitrogens with zero attached hydrogens (tertiary/aromatic N) is 4. The second-order valence-corrected chi connectivity index (χ2v) is 6.84. The summed E-state index contributed by atoms with van der Waals surface area (Å²) in [5.41, 5.74) is 1.30. The zero-order valence-electron chi connectivity index (χ0n) is 13.2. The molecule has 5 nitrogen and oxygen atoms in total. The standard InChI is InChI=1S/C15H25N5S/c1-4-6-16-10-13-14(17-15-20(13)8-9-21-15)19-7-5-12(11-19)18(2)3/h8-9,12,16H,4-7,10-11H2,1-3H3. The summed E-state index contributed by atoms with van der Waals surface area (Å²) in [5, 5.41) is 5.64. The fraction of sp³-hybridized carbons (Fsp3) is 0.667. The smallest absolute Gasteiger partial charge is 0.195 e. The Bertz CT molecular complexity index is 588. The molecule has 2 aromatic heterocycles. The summed E-state index contributed by atoms with van der Waals surface area (Å²) in [6.07, 6.45) is 4.52. The van der Waals surface area contributed by atoms with Gasteiger partial charge >= 0.3 is 0 Å². The molecule has 0 radical (unpaired) electrons. The predicted octanol–water partition coefficient (Wildman–Crippen LogP) is 2.04. The average Bonchev–Trinajstić information content (AvgIpc) is 3.13. The second kappa shape index (κ2) is 6.34. The average molecular weight is 307 g/mol. The van der Waals surface area contributed by atoms with Crippen molar-refractivity contribution in [3.05, 3.63) is 17.3 Å². The van der Waals surface area contributed by atoms with E-state index in [1.54, 1.807) is 11.3 Å². The van der Waals surface area contributed by atoms with E-state index < -0.39 is 0 Å². The first kappa shape index (κ1) is 14.8. The van der Waals surface area contributed by atoms with E-state index in [2.05, 4.69) is 52.1 Å². The summed E-state index contributed by atoms with van der Waals surface area (Å²) in [4.78, 5) is 10.8. The Labute approximate surface area is 130 Å². The molecule has 1 unspecified atom stereocenters. The summed E-state index contributed by atoms with van der Waals surface area (Å²) < 4.78 is 2.24. The number of likely N-dealkylation sites (N-methyl/N-ethyl adjacent to an activating group) is 1. The van der Waals surface area contributed by atoms with Crippen molar-refractivity contribution in [3.63, 3.8) is 0 Å². The predicted molar refractivity (Wildman–Crippen MR) is 89.4 cm³/mol. The Morgan fingerprint density at radius 2 is 2.33 bits per heavy atom. The van der Waals surface area contributed by atoms with Gasteiger partial charge in [0.25, 0.3) is 0 Å². The van der Waals surface area contributed by atoms with E-state index in [-0.39, 0.29) is 0 Å². The molecule has 1 atom stereocenters. The lowest BCUT2D eigenvalue weighted by molar-refractivity contribution is 0.315. The Kier molecular flexibility index (Phi) is 4.47. The van der Waals surface area contributed by atoms with Gasteiger partial charge in [0.1, 0.15) is 0 Å². The highest BCUT2D eigenvalue weighted by atomic mass is 32.1. The Morgan fingerprint density at radius 1 is 1.48 bits per heavy atom. The highest BCUT2D eigenvalue weighted by Gasteiger charge is 2.28. The molecule has 116 valence electrons. The number of aromatic nitrogens is 2. The first-order chi connectivity index (χ1) is 10.2. The largest absolute Gasteiger partial charge is 0.353 e. The van der Waals surface area contributed by atoms with Crippen LogP contribution < -0.4 is 10.2 Å². The molecule has 3 rings (SSSR count). The number of hydrogen-bond donors (Lipinski definition) is 1. The lowest BCUT2D eigenvalue weighted by atomic mass is 10.2. The van der Waals surface area contributed by atoms with Crippen molar-refractivity contribution in [3.8, 4) is 0 Å². The van der Waals surface area contributed by atoms with E-state index in [1.807, 2.05) is 0 Å². The molecule has 1 aliphatic heterocycles. The van der Waals surface area contributed by atoms with Gasteiger partial charge in [0.2, 0.25) is 0 Å². The van der Waals surface area contributed by atoms with Crippen molar-refractivity contribution >= 4 is 22.1 Å². The van der Waals surface area contributed by atoms with Crippen molar-refractivity contribution in [2.45, 2.75) is 32.4 Å². The molecule has 0 bridgehead atoms. The number of nitrogens with one attached hydrogen (secondary N) is 1. The molecule has 1 N–H and O–H groups in total. The summed E-state index contributed by atoms with van der Waals surface area (Å²) in [5.74, 6) is 1.18. The zero-order chi connectivity index (χ0) is 14.8.